The van der Waals surface area contributed by atoms with Gasteiger partial charge in [-0.25, -0.2) is 9.97 Å². The van der Waals surface area contributed by atoms with E-state index in [1.807, 2.05) is 36.8 Å². The number of primary amides is 2. The van der Waals surface area contributed by atoms with Gasteiger partial charge < -0.3 is 25.5 Å². The van der Waals surface area contributed by atoms with Crippen LogP contribution in [0.15, 0.2) is 48.6 Å². The Kier molecular flexibility index (Phi) is 9.92. The second-order valence-corrected chi connectivity index (χ2v) is 14.5. The van der Waals surface area contributed by atoms with Gasteiger partial charge in [0.15, 0.2) is 0 Å². The first-order valence-electron chi connectivity index (χ1n) is 19.3. The highest BCUT2D eigenvalue weighted by atomic mass is 16.5. The van der Waals surface area contributed by atoms with Crippen LogP contribution in [0.5, 0.6) is 11.5 Å². The smallest absolute Gasteiger partial charge is 0.276 e. The summed E-state index contributed by atoms with van der Waals surface area (Å²) in [5, 5.41) is 14.8. The summed E-state index contributed by atoms with van der Waals surface area (Å²) >= 11 is 0. The Morgan fingerprint density at radius 2 is 1.21 bits per heavy atom. The van der Waals surface area contributed by atoms with Gasteiger partial charge in [0, 0.05) is 30.3 Å². The van der Waals surface area contributed by atoms with Crippen LogP contribution in [0, 0.1) is 13.8 Å². The summed E-state index contributed by atoms with van der Waals surface area (Å²) in [6, 6.07) is 9.43. The molecule has 2 aliphatic heterocycles. The second-order valence-electron chi connectivity index (χ2n) is 14.5. The molecule has 0 radical (unpaired) electrons. The number of nitrogens with zero attached hydrogens (tertiary/aromatic N) is 8. The molecule has 6 N–H and O–H groups in total. The molecule has 2 atom stereocenters. The van der Waals surface area contributed by atoms with Crippen molar-refractivity contribution >= 4 is 57.6 Å². The maximum absolute atomic E-state index is 13.7. The SMILES string of the molecule is CCn1nc(C)cc1C(=O)Nc1nc2cc(C(N)=O)cc3c2n1C(C/C=C/C[C@H]1COc2cc(C(N)=O)cc4nc(NC(=O)c5cc(C)nn5CC)n1c24)CCCO3. The number of anilines is 2. The lowest BCUT2D eigenvalue weighted by Crippen LogP contribution is -2.26. The molecule has 2 aromatic carbocycles. The lowest BCUT2D eigenvalue weighted by atomic mass is 10.0. The molecule has 18 heteroatoms. The predicted molar refractivity (Wildman–Crippen MR) is 214 cm³/mol. The van der Waals surface area contributed by atoms with Crippen molar-refractivity contribution in [3.8, 4) is 11.5 Å². The van der Waals surface area contributed by atoms with Crippen molar-refractivity contribution in [3.63, 3.8) is 0 Å². The molecule has 4 amide bonds. The molecule has 0 fully saturated rings. The number of nitrogens with one attached hydrogen (secondary N) is 2. The van der Waals surface area contributed by atoms with Gasteiger partial charge in [-0.2, -0.15) is 10.2 Å². The second kappa shape index (κ2) is 15.2. The third-order valence-electron chi connectivity index (χ3n) is 10.5. The molecule has 18 nitrogen and oxygen atoms in total. The maximum atomic E-state index is 13.7. The Hall–Kier alpha value is -6.98. The third kappa shape index (κ3) is 6.90. The van der Waals surface area contributed by atoms with Crippen molar-refractivity contribution in [1.82, 2.24) is 38.7 Å². The van der Waals surface area contributed by atoms with Crippen molar-refractivity contribution in [2.24, 2.45) is 11.5 Å². The lowest BCUT2D eigenvalue weighted by Gasteiger charge is -2.27. The highest BCUT2D eigenvalue weighted by molar-refractivity contribution is 6.05. The number of carbonyl (C=O) groups is 4. The van der Waals surface area contributed by atoms with Crippen molar-refractivity contribution in [2.75, 3.05) is 23.8 Å². The van der Waals surface area contributed by atoms with Crippen molar-refractivity contribution < 1.29 is 28.7 Å². The van der Waals surface area contributed by atoms with Gasteiger partial charge in [-0.15, -0.1) is 0 Å². The largest absolute Gasteiger partial charge is 0.491 e. The summed E-state index contributed by atoms with van der Waals surface area (Å²) in [5.41, 5.74) is 16.2. The monoisotopic (exact) mass is 788 g/mol. The molecule has 0 saturated heterocycles. The Morgan fingerprint density at radius 3 is 1.71 bits per heavy atom. The number of aryl methyl sites for hydroxylation is 4. The number of hydrogen-bond donors (Lipinski definition) is 4. The minimum Gasteiger partial charge on any atom is -0.491 e. The Labute approximate surface area is 332 Å². The first-order chi connectivity index (χ1) is 27.9. The molecule has 0 saturated carbocycles. The van der Waals surface area contributed by atoms with Gasteiger partial charge in [0.25, 0.3) is 11.8 Å². The summed E-state index contributed by atoms with van der Waals surface area (Å²) < 4.78 is 19.5. The fourth-order valence-electron chi connectivity index (χ4n) is 7.84. The quantitative estimate of drug-likeness (QED) is 0.123. The molecule has 0 aliphatic carbocycles. The number of nitrogens with two attached hydrogens (primary N) is 2. The van der Waals surface area contributed by atoms with E-state index in [4.69, 9.17) is 30.9 Å². The van der Waals surface area contributed by atoms with Crippen LogP contribution < -0.4 is 31.6 Å². The molecule has 1 unspecified atom stereocenters. The van der Waals surface area contributed by atoms with E-state index < -0.39 is 11.8 Å². The predicted octanol–water partition coefficient (Wildman–Crippen LogP) is 4.82. The van der Waals surface area contributed by atoms with Gasteiger partial charge >= 0.3 is 0 Å². The first-order valence-corrected chi connectivity index (χ1v) is 19.3. The highest BCUT2D eigenvalue weighted by Crippen LogP contribution is 2.40. The topological polar surface area (TPSA) is 234 Å². The molecule has 6 heterocycles. The number of rotatable bonds is 12. The molecular formula is C40H44N12O6. The van der Waals surface area contributed by atoms with E-state index in [9.17, 15) is 19.2 Å². The molecule has 0 spiro atoms. The number of amides is 4. The molecule has 2 aliphatic rings. The zero-order valence-electron chi connectivity index (χ0n) is 32.6. The van der Waals surface area contributed by atoms with E-state index in [1.54, 1.807) is 45.8 Å². The van der Waals surface area contributed by atoms with E-state index in [2.05, 4.69) is 33.0 Å². The summed E-state index contributed by atoms with van der Waals surface area (Å²) in [6.45, 7) is 9.15. The number of benzene rings is 2. The number of carbonyl (C=O) groups excluding carboxylic acids is 4. The number of imidazole rings is 2. The van der Waals surface area contributed by atoms with Gasteiger partial charge in [0.2, 0.25) is 23.7 Å². The van der Waals surface area contributed by atoms with Crippen molar-refractivity contribution in [2.45, 2.75) is 78.6 Å². The van der Waals surface area contributed by atoms with E-state index in [0.29, 0.717) is 114 Å². The van der Waals surface area contributed by atoms with Gasteiger partial charge in [0.05, 0.1) is 35.1 Å². The van der Waals surface area contributed by atoms with E-state index in [1.165, 1.54) is 0 Å². The van der Waals surface area contributed by atoms with Gasteiger partial charge in [-0.1, -0.05) is 12.2 Å². The normalized spacial score (nSPS) is 16.2. The van der Waals surface area contributed by atoms with Crippen LogP contribution in [0.4, 0.5) is 11.9 Å². The van der Waals surface area contributed by atoms with Gasteiger partial charge in [-0.05, 0) is 89.8 Å². The average Bonchev–Trinajstić information content (AvgIpc) is 3.96. The van der Waals surface area contributed by atoms with Gasteiger partial charge in [-0.3, -0.25) is 43.7 Å². The summed E-state index contributed by atoms with van der Waals surface area (Å²) in [4.78, 5) is 61.3. The van der Waals surface area contributed by atoms with Crippen LogP contribution in [0.1, 0.15) is 105 Å². The zero-order valence-corrected chi connectivity index (χ0v) is 32.6. The van der Waals surface area contributed by atoms with Crippen LogP contribution in [0.3, 0.4) is 0 Å². The van der Waals surface area contributed by atoms with Crippen LogP contribution in [0.2, 0.25) is 0 Å². The van der Waals surface area contributed by atoms with E-state index in [-0.39, 0.29) is 41.6 Å². The molecule has 4 aromatic heterocycles. The van der Waals surface area contributed by atoms with E-state index in [0.717, 1.165) is 0 Å². The average molecular weight is 789 g/mol. The number of hydrogen-bond acceptors (Lipinski definition) is 10. The van der Waals surface area contributed by atoms with Crippen LogP contribution in [-0.2, 0) is 13.1 Å². The fraction of sp³-hybridized carbons (Fsp3) is 0.350. The Balaban J connectivity index is 1.11. The standard InChI is InChI=1S/C40H44N12O6/c1-5-49-29(14-21(3)47-49)37(55)45-39-43-27-16-23(35(41)53)18-31-33(27)51(39)25(12-9-13-57-31)10-7-8-11-26-20-58-32-19-24(36(42)54)17-28-34(32)52(26)40(44-28)46-38(56)30-15-22(4)48-50(30)6-2/h7-8,14-19,25-26H,5-6,9-13,20H2,1-4H3,(H2,41,53)(H2,42,54)(H,43,45,55)(H,44,46,56)/b8-7+/t25?,26-/m0/s1. The fourth-order valence-corrected chi connectivity index (χ4v) is 7.84. The third-order valence-corrected chi connectivity index (χ3v) is 10.5. The molecule has 6 aromatic rings. The molecule has 300 valence electrons. The summed E-state index contributed by atoms with van der Waals surface area (Å²) in [5.74, 6) is -0.462. The van der Waals surface area contributed by atoms with Crippen molar-refractivity contribution in [3.05, 3.63) is 82.5 Å². The number of ether oxygens (including phenoxy) is 2. The summed E-state index contributed by atoms with van der Waals surface area (Å²) in [7, 11) is 0. The zero-order chi connectivity index (χ0) is 40.8. The Morgan fingerprint density at radius 1 is 0.724 bits per heavy atom. The first kappa shape index (κ1) is 37.9. The van der Waals surface area contributed by atoms with Crippen molar-refractivity contribution in [1.29, 1.82) is 0 Å². The van der Waals surface area contributed by atoms with Gasteiger partial charge in [0.1, 0.15) is 40.5 Å². The minimum atomic E-state index is -0.619. The van der Waals surface area contributed by atoms with E-state index >= 15 is 0 Å². The molecule has 58 heavy (non-hydrogen) atoms. The number of allylic oxidation sites excluding steroid dienone is 2. The summed E-state index contributed by atoms with van der Waals surface area (Å²) in [6.07, 6.45) is 6.61. The number of aromatic nitrogens is 8. The van der Waals surface area contributed by atoms with Crippen LogP contribution in [0.25, 0.3) is 22.1 Å². The van der Waals surface area contributed by atoms with Crippen LogP contribution >= 0.6 is 0 Å². The molecule has 8 rings (SSSR count). The molecular weight excluding hydrogens is 745 g/mol. The lowest BCUT2D eigenvalue weighted by molar-refractivity contribution is 0.0991. The van der Waals surface area contributed by atoms with Crippen LogP contribution in [-0.4, -0.2) is 75.5 Å². The minimum absolute atomic E-state index is 0.159. The Bertz CT molecular complexity index is 2660. The highest BCUT2D eigenvalue weighted by Gasteiger charge is 2.30. The maximum Gasteiger partial charge on any atom is 0.276 e. The molecule has 0 bridgehead atoms.